The molecule has 2 heterocycles. The number of hydrogen-bond acceptors (Lipinski definition) is 4. The molecule has 1 aromatic carbocycles. The fraction of sp³-hybridized carbons (Fsp3) is 0.529. The molecule has 2 amide bonds. The summed E-state index contributed by atoms with van der Waals surface area (Å²) in [7, 11) is 0. The number of nitrogens with zero attached hydrogens (tertiary/aromatic N) is 2. The number of carbonyl (C=O) groups excluding carboxylic acids is 2. The van der Waals surface area contributed by atoms with Crippen LogP contribution >= 0.6 is 11.8 Å². The first-order valence-electron chi connectivity index (χ1n) is 8.19. The monoisotopic (exact) mass is 333 g/mol. The molecule has 0 bridgehead atoms. The van der Waals surface area contributed by atoms with Crippen LogP contribution in [-0.4, -0.2) is 48.6 Å². The molecule has 0 atom stereocenters. The first kappa shape index (κ1) is 16.2. The van der Waals surface area contributed by atoms with E-state index < -0.39 is 0 Å². The first-order valence-corrected chi connectivity index (χ1v) is 9.17. The van der Waals surface area contributed by atoms with Crippen LogP contribution in [0.1, 0.15) is 19.3 Å². The van der Waals surface area contributed by atoms with Crippen molar-refractivity contribution in [1.82, 2.24) is 4.90 Å². The van der Waals surface area contributed by atoms with Gasteiger partial charge in [0.05, 0.1) is 12.2 Å². The third-order valence-corrected chi connectivity index (χ3v) is 5.76. The van der Waals surface area contributed by atoms with Crippen LogP contribution in [0.4, 0.5) is 5.69 Å². The molecular formula is C17H23N3O2S. The van der Waals surface area contributed by atoms with Crippen LogP contribution in [0.25, 0.3) is 0 Å². The summed E-state index contributed by atoms with van der Waals surface area (Å²) < 4.78 is 0. The van der Waals surface area contributed by atoms with E-state index in [-0.39, 0.29) is 17.7 Å². The van der Waals surface area contributed by atoms with E-state index in [0.717, 1.165) is 24.4 Å². The highest BCUT2D eigenvalue weighted by molar-refractivity contribution is 7.99. The molecule has 3 rings (SSSR count). The zero-order valence-electron chi connectivity index (χ0n) is 13.2. The van der Waals surface area contributed by atoms with Crippen molar-refractivity contribution >= 4 is 29.3 Å². The lowest BCUT2D eigenvalue weighted by atomic mass is 9.96. The lowest BCUT2D eigenvalue weighted by molar-refractivity contribution is -0.133. The zero-order valence-corrected chi connectivity index (χ0v) is 14.1. The Labute approximate surface area is 141 Å². The molecule has 6 heteroatoms. The lowest BCUT2D eigenvalue weighted by Crippen LogP contribution is -2.46. The molecule has 23 heavy (non-hydrogen) atoms. The highest BCUT2D eigenvalue weighted by atomic mass is 32.2. The Morgan fingerprint density at radius 3 is 2.65 bits per heavy atom. The number of piperidine rings is 1. The fourth-order valence-corrected chi connectivity index (χ4v) is 4.25. The number of fused-ring (bicyclic) bond motifs is 1. The maximum absolute atomic E-state index is 12.6. The predicted octanol–water partition coefficient (Wildman–Crippen LogP) is 1.71. The SMILES string of the molecule is NC(=O)C1CCN(C(=O)CN2CCCSc3ccccc32)CC1. The average Bonchev–Trinajstić information content (AvgIpc) is 2.77. The number of hydrogen-bond donors (Lipinski definition) is 1. The Kier molecular flexibility index (Phi) is 5.10. The minimum atomic E-state index is -0.240. The van der Waals surface area contributed by atoms with E-state index in [4.69, 9.17) is 5.73 Å². The summed E-state index contributed by atoms with van der Waals surface area (Å²) in [6, 6.07) is 8.30. The summed E-state index contributed by atoms with van der Waals surface area (Å²) in [5.74, 6) is 0.922. The summed E-state index contributed by atoms with van der Waals surface area (Å²) in [6.07, 6.45) is 2.46. The summed E-state index contributed by atoms with van der Waals surface area (Å²) in [5.41, 5.74) is 6.52. The molecule has 0 spiro atoms. The third kappa shape index (κ3) is 3.80. The smallest absolute Gasteiger partial charge is 0.242 e. The van der Waals surface area contributed by atoms with Gasteiger partial charge in [0.15, 0.2) is 0 Å². The quantitative estimate of drug-likeness (QED) is 0.914. The molecule has 0 aromatic heterocycles. The van der Waals surface area contributed by atoms with Gasteiger partial charge in [-0.05, 0) is 37.1 Å². The maximum atomic E-state index is 12.6. The first-order chi connectivity index (χ1) is 11.1. The Bertz CT molecular complexity index is 585. The molecule has 2 N–H and O–H groups in total. The number of rotatable bonds is 3. The number of carbonyl (C=O) groups is 2. The lowest BCUT2D eigenvalue weighted by Gasteiger charge is -2.33. The number of thioether (sulfide) groups is 1. The van der Waals surface area contributed by atoms with Crippen LogP contribution in [0.3, 0.4) is 0 Å². The fourth-order valence-electron chi connectivity index (χ4n) is 3.24. The Hall–Kier alpha value is -1.69. The van der Waals surface area contributed by atoms with Crippen molar-refractivity contribution in [2.24, 2.45) is 11.7 Å². The maximum Gasteiger partial charge on any atom is 0.242 e. The van der Waals surface area contributed by atoms with E-state index in [2.05, 4.69) is 17.0 Å². The second-order valence-corrected chi connectivity index (χ2v) is 7.29. The molecule has 1 aromatic rings. The number of likely N-dealkylation sites (tertiary alicyclic amines) is 1. The number of para-hydroxylation sites is 1. The summed E-state index contributed by atoms with van der Waals surface area (Å²) in [4.78, 5) is 29.2. The van der Waals surface area contributed by atoms with Crippen molar-refractivity contribution < 1.29 is 9.59 Å². The molecule has 0 aliphatic carbocycles. The van der Waals surface area contributed by atoms with Crippen molar-refractivity contribution in [2.75, 3.05) is 36.8 Å². The molecule has 0 radical (unpaired) electrons. The van der Waals surface area contributed by atoms with E-state index in [9.17, 15) is 9.59 Å². The van der Waals surface area contributed by atoms with E-state index >= 15 is 0 Å². The molecule has 0 unspecified atom stereocenters. The zero-order chi connectivity index (χ0) is 16.2. The van der Waals surface area contributed by atoms with E-state index in [1.807, 2.05) is 28.8 Å². The molecule has 1 saturated heterocycles. The van der Waals surface area contributed by atoms with Crippen molar-refractivity contribution in [3.63, 3.8) is 0 Å². The molecule has 124 valence electrons. The predicted molar refractivity (Wildman–Crippen MR) is 92.5 cm³/mol. The number of primary amides is 1. The van der Waals surface area contributed by atoms with Crippen LogP contribution in [0.2, 0.25) is 0 Å². The van der Waals surface area contributed by atoms with Gasteiger partial charge < -0.3 is 15.5 Å². The van der Waals surface area contributed by atoms with Crippen molar-refractivity contribution in [2.45, 2.75) is 24.2 Å². The molecular weight excluding hydrogens is 310 g/mol. The van der Waals surface area contributed by atoms with Gasteiger partial charge in [0.2, 0.25) is 11.8 Å². The Morgan fingerprint density at radius 2 is 1.91 bits per heavy atom. The Morgan fingerprint density at radius 1 is 1.17 bits per heavy atom. The Balaban J connectivity index is 1.63. The number of amides is 2. The van der Waals surface area contributed by atoms with Crippen LogP contribution in [0, 0.1) is 5.92 Å². The van der Waals surface area contributed by atoms with E-state index in [0.29, 0.717) is 32.5 Å². The van der Waals surface area contributed by atoms with Gasteiger partial charge >= 0.3 is 0 Å². The van der Waals surface area contributed by atoms with Crippen LogP contribution in [0.15, 0.2) is 29.2 Å². The minimum absolute atomic E-state index is 0.0747. The summed E-state index contributed by atoms with van der Waals surface area (Å²) in [6.45, 7) is 2.60. The molecule has 2 aliphatic rings. The third-order valence-electron chi connectivity index (χ3n) is 4.61. The highest BCUT2D eigenvalue weighted by Gasteiger charge is 2.27. The average molecular weight is 333 g/mol. The summed E-state index contributed by atoms with van der Waals surface area (Å²) in [5, 5.41) is 0. The van der Waals surface area contributed by atoms with Gasteiger partial charge in [-0.15, -0.1) is 11.8 Å². The standard InChI is InChI=1S/C17H23N3O2S/c18-17(22)13-6-9-19(10-7-13)16(21)12-20-8-3-11-23-15-5-2-1-4-14(15)20/h1-2,4-5,13H,3,6-12H2,(H2,18,22). The van der Waals surface area contributed by atoms with Crippen molar-refractivity contribution in [1.29, 1.82) is 0 Å². The molecule has 1 fully saturated rings. The van der Waals surface area contributed by atoms with Gasteiger partial charge in [-0.25, -0.2) is 0 Å². The van der Waals surface area contributed by atoms with E-state index in [1.54, 1.807) is 0 Å². The van der Waals surface area contributed by atoms with Gasteiger partial charge in [-0.2, -0.15) is 0 Å². The van der Waals surface area contributed by atoms with Crippen molar-refractivity contribution in [3.8, 4) is 0 Å². The molecule has 5 nitrogen and oxygen atoms in total. The minimum Gasteiger partial charge on any atom is -0.369 e. The molecule has 2 aliphatic heterocycles. The molecule has 0 saturated carbocycles. The summed E-state index contributed by atoms with van der Waals surface area (Å²) >= 11 is 1.86. The van der Waals surface area contributed by atoms with Gasteiger partial charge in [-0.3, -0.25) is 9.59 Å². The van der Waals surface area contributed by atoms with Gasteiger partial charge in [0.1, 0.15) is 0 Å². The second-order valence-electron chi connectivity index (χ2n) is 6.15. The number of nitrogens with two attached hydrogens (primary N) is 1. The number of anilines is 1. The second kappa shape index (κ2) is 7.25. The van der Waals surface area contributed by atoms with Gasteiger partial charge in [0.25, 0.3) is 0 Å². The van der Waals surface area contributed by atoms with Gasteiger partial charge in [0, 0.05) is 30.4 Å². The van der Waals surface area contributed by atoms with E-state index in [1.165, 1.54) is 4.90 Å². The normalized spacial score (nSPS) is 19.1. The highest BCUT2D eigenvalue weighted by Crippen LogP contribution is 2.33. The van der Waals surface area contributed by atoms with Crippen LogP contribution in [-0.2, 0) is 9.59 Å². The largest absolute Gasteiger partial charge is 0.369 e. The van der Waals surface area contributed by atoms with Crippen LogP contribution in [0.5, 0.6) is 0 Å². The topological polar surface area (TPSA) is 66.6 Å². The van der Waals surface area contributed by atoms with Crippen LogP contribution < -0.4 is 10.6 Å². The number of benzene rings is 1. The van der Waals surface area contributed by atoms with Gasteiger partial charge in [-0.1, -0.05) is 12.1 Å². The van der Waals surface area contributed by atoms with Crippen molar-refractivity contribution in [3.05, 3.63) is 24.3 Å².